The second-order valence-corrected chi connectivity index (χ2v) is 2.37. The van der Waals surface area contributed by atoms with Crippen LogP contribution in [0.3, 0.4) is 0 Å². The van der Waals surface area contributed by atoms with Gasteiger partial charge < -0.3 is 4.79 Å². The van der Waals surface area contributed by atoms with E-state index < -0.39 is 0 Å². The van der Waals surface area contributed by atoms with Crippen molar-refractivity contribution in [2.24, 2.45) is 0 Å². The van der Waals surface area contributed by atoms with E-state index in [-0.39, 0.29) is 12.2 Å². The fraction of sp³-hybridized carbons (Fsp3) is 0.750. The first-order chi connectivity index (χ1) is 5.24. The molecule has 0 aromatic rings. The number of hydrogen-bond acceptors (Lipinski definition) is 3. The summed E-state index contributed by atoms with van der Waals surface area (Å²) in [4.78, 5) is 22.8. The Hall–Kier alpha value is -0.700. The van der Waals surface area contributed by atoms with Crippen molar-refractivity contribution in [3.05, 3.63) is 0 Å². The number of carbonyl (C=O) groups excluding carboxylic acids is 2. The molecule has 0 saturated heterocycles. The van der Waals surface area contributed by atoms with Gasteiger partial charge in [-0.3, -0.25) is 9.69 Å². The molecule has 64 valence electrons. The second kappa shape index (κ2) is 6.04. The molecule has 0 aromatic heterocycles. The highest BCUT2D eigenvalue weighted by molar-refractivity contribution is 5.91. The maximum absolute atomic E-state index is 10.9. The maximum Gasteiger partial charge on any atom is 0.153 e. The zero-order valence-corrected chi connectivity index (χ0v) is 7.17. The Morgan fingerprint density at radius 1 is 1.36 bits per heavy atom. The van der Waals surface area contributed by atoms with Crippen LogP contribution in [-0.4, -0.2) is 36.6 Å². The lowest BCUT2D eigenvalue weighted by Crippen LogP contribution is -2.29. The van der Waals surface area contributed by atoms with E-state index in [4.69, 9.17) is 0 Å². The summed E-state index contributed by atoms with van der Waals surface area (Å²) in [6, 6.07) is 0. The number of Topliss-reactive ketones (excluding diaryl/α,β-unsaturated/α-hetero) is 1. The predicted molar refractivity (Wildman–Crippen MR) is 43.5 cm³/mol. The molecule has 0 aliphatic rings. The van der Waals surface area contributed by atoms with Gasteiger partial charge in [-0.2, -0.15) is 0 Å². The van der Waals surface area contributed by atoms with Crippen molar-refractivity contribution in [1.29, 1.82) is 0 Å². The third kappa shape index (κ3) is 4.67. The van der Waals surface area contributed by atoms with Crippen LogP contribution < -0.4 is 0 Å². The Bertz CT molecular complexity index is 130. The SMILES string of the molecule is CCN(CC)CC(=O)CC=O. The minimum atomic E-state index is 0.00343. The van der Waals surface area contributed by atoms with E-state index in [1.54, 1.807) is 0 Å². The van der Waals surface area contributed by atoms with Crippen molar-refractivity contribution >= 4 is 12.1 Å². The van der Waals surface area contributed by atoms with Crippen molar-refractivity contribution in [3.63, 3.8) is 0 Å². The van der Waals surface area contributed by atoms with Gasteiger partial charge in [-0.1, -0.05) is 13.8 Å². The molecule has 0 bridgehead atoms. The molecule has 0 aliphatic heterocycles. The minimum Gasteiger partial charge on any atom is -0.303 e. The smallest absolute Gasteiger partial charge is 0.153 e. The van der Waals surface area contributed by atoms with Gasteiger partial charge in [-0.25, -0.2) is 0 Å². The molecule has 11 heavy (non-hydrogen) atoms. The number of ketones is 1. The standard InChI is InChI=1S/C8H15NO2/c1-3-9(4-2)7-8(11)5-6-10/h6H,3-5,7H2,1-2H3. The zero-order valence-electron chi connectivity index (χ0n) is 7.17. The summed E-state index contributed by atoms with van der Waals surface area (Å²) in [5.41, 5.74) is 0. The summed E-state index contributed by atoms with van der Waals surface area (Å²) in [7, 11) is 0. The Morgan fingerprint density at radius 3 is 2.27 bits per heavy atom. The van der Waals surface area contributed by atoms with E-state index in [9.17, 15) is 9.59 Å². The topological polar surface area (TPSA) is 37.4 Å². The van der Waals surface area contributed by atoms with Crippen LogP contribution in [0.15, 0.2) is 0 Å². The third-order valence-corrected chi connectivity index (χ3v) is 1.61. The third-order valence-electron chi connectivity index (χ3n) is 1.61. The number of likely N-dealkylation sites (N-methyl/N-ethyl adjacent to an activating group) is 1. The highest BCUT2D eigenvalue weighted by Crippen LogP contribution is 1.88. The van der Waals surface area contributed by atoms with Gasteiger partial charge in [-0.05, 0) is 13.1 Å². The Morgan fingerprint density at radius 2 is 1.91 bits per heavy atom. The number of hydrogen-bond donors (Lipinski definition) is 0. The summed E-state index contributed by atoms with van der Waals surface area (Å²) < 4.78 is 0. The average Bonchev–Trinajstić information content (AvgIpc) is 2.01. The van der Waals surface area contributed by atoms with Crippen molar-refractivity contribution < 1.29 is 9.59 Å². The summed E-state index contributed by atoms with van der Waals surface area (Å²) in [5, 5.41) is 0. The van der Waals surface area contributed by atoms with Crippen LogP contribution >= 0.6 is 0 Å². The van der Waals surface area contributed by atoms with Gasteiger partial charge in [0.25, 0.3) is 0 Å². The van der Waals surface area contributed by atoms with Crippen molar-refractivity contribution in [2.45, 2.75) is 20.3 Å². The highest BCUT2D eigenvalue weighted by atomic mass is 16.1. The van der Waals surface area contributed by atoms with E-state index in [0.29, 0.717) is 12.8 Å². The van der Waals surface area contributed by atoms with Crippen molar-refractivity contribution in [1.82, 2.24) is 4.90 Å². The van der Waals surface area contributed by atoms with Gasteiger partial charge in [0, 0.05) is 0 Å². The number of aldehydes is 1. The lowest BCUT2D eigenvalue weighted by atomic mass is 10.3. The first kappa shape index (κ1) is 10.3. The number of rotatable bonds is 6. The molecule has 0 unspecified atom stereocenters. The summed E-state index contributed by atoms with van der Waals surface area (Å²) in [5.74, 6) is 0.00343. The Labute approximate surface area is 67.4 Å². The van der Waals surface area contributed by atoms with E-state index in [0.717, 1.165) is 13.1 Å². The zero-order chi connectivity index (χ0) is 8.69. The molecule has 0 heterocycles. The molecular formula is C8H15NO2. The summed E-state index contributed by atoms with van der Waals surface area (Å²) in [6.07, 6.45) is 0.711. The predicted octanol–water partition coefficient (Wildman–Crippen LogP) is 0.486. The van der Waals surface area contributed by atoms with Crippen LogP contribution in [0.5, 0.6) is 0 Å². The molecule has 0 amide bonds. The fourth-order valence-corrected chi connectivity index (χ4v) is 0.854. The molecule has 0 fully saturated rings. The molecule has 0 aromatic carbocycles. The molecule has 0 N–H and O–H groups in total. The van der Waals surface area contributed by atoms with E-state index in [1.807, 2.05) is 18.7 Å². The van der Waals surface area contributed by atoms with Crippen molar-refractivity contribution in [2.75, 3.05) is 19.6 Å². The Balaban J connectivity index is 3.62. The van der Waals surface area contributed by atoms with Crippen LogP contribution in [0.2, 0.25) is 0 Å². The van der Waals surface area contributed by atoms with Gasteiger partial charge in [0.2, 0.25) is 0 Å². The molecule has 3 nitrogen and oxygen atoms in total. The van der Waals surface area contributed by atoms with Gasteiger partial charge >= 0.3 is 0 Å². The lowest BCUT2D eigenvalue weighted by Gasteiger charge is -2.15. The quantitative estimate of drug-likeness (QED) is 0.416. The van der Waals surface area contributed by atoms with E-state index >= 15 is 0 Å². The van der Waals surface area contributed by atoms with Gasteiger partial charge in [0.15, 0.2) is 5.78 Å². The number of nitrogens with zero attached hydrogens (tertiary/aromatic N) is 1. The minimum absolute atomic E-state index is 0.00343. The van der Waals surface area contributed by atoms with Crippen molar-refractivity contribution in [3.8, 4) is 0 Å². The normalized spacial score (nSPS) is 10.1. The number of carbonyl (C=O) groups is 2. The molecule has 0 rings (SSSR count). The molecule has 0 aliphatic carbocycles. The van der Waals surface area contributed by atoms with Crippen LogP contribution in [0, 0.1) is 0 Å². The molecular weight excluding hydrogens is 142 g/mol. The van der Waals surface area contributed by atoms with Crippen LogP contribution in [0.1, 0.15) is 20.3 Å². The second-order valence-electron chi connectivity index (χ2n) is 2.37. The molecule has 0 radical (unpaired) electrons. The van der Waals surface area contributed by atoms with E-state index in [2.05, 4.69) is 0 Å². The average molecular weight is 157 g/mol. The summed E-state index contributed by atoms with van der Waals surface area (Å²) >= 11 is 0. The molecule has 0 spiro atoms. The van der Waals surface area contributed by atoms with E-state index in [1.165, 1.54) is 0 Å². The first-order valence-electron chi connectivity index (χ1n) is 3.92. The van der Waals surface area contributed by atoms with Gasteiger partial charge in [0.1, 0.15) is 6.29 Å². The first-order valence-corrected chi connectivity index (χ1v) is 3.92. The van der Waals surface area contributed by atoms with Crippen LogP contribution in [0.4, 0.5) is 0 Å². The molecule has 0 atom stereocenters. The van der Waals surface area contributed by atoms with Crippen LogP contribution in [0.25, 0.3) is 0 Å². The fourth-order valence-electron chi connectivity index (χ4n) is 0.854. The molecule has 3 heteroatoms. The molecule has 0 saturated carbocycles. The lowest BCUT2D eigenvalue weighted by molar-refractivity contribution is -0.123. The summed E-state index contributed by atoms with van der Waals surface area (Å²) in [6.45, 7) is 6.13. The maximum atomic E-state index is 10.9. The monoisotopic (exact) mass is 157 g/mol. The van der Waals surface area contributed by atoms with Gasteiger partial charge in [-0.15, -0.1) is 0 Å². The Kier molecular flexibility index (Phi) is 5.65. The van der Waals surface area contributed by atoms with Gasteiger partial charge in [0.05, 0.1) is 13.0 Å². The largest absolute Gasteiger partial charge is 0.303 e. The van der Waals surface area contributed by atoms with Crippen LogP contribution in [-0.2, 0) is 9.59 Å². The highest BCUT2D eigenvalue weighted by Gasteiger charge is 2.05.